The molecule has 1 fully saturated rings. The van der Waals surface area contributed by atoms with Gasteiger partial charge in [0.2, 0.25) is 11.8 Å². The Hall–Kier alpha value is -1.47. The van der Waals surface area contributed by atoms with Crippen LogP contribution < -0.4 is 10.8 Å². The molecule has 0 radical (unpaired) electrons. The molecule has 27 heavy (non-hydrogen) atoms. The van der Waals surface area contributed by atoms with Crippen molar-refractivity contribution in [2.24, 2.45) is 5.92 Å². The summed E-state index contributed by atoms with van der Waals surface area (Å²) in [6.07, 6.45) is 12.0. The van der Waals surface area contributed by atoms with Crippen molar-refractivity contribution in [3.05, 3.63) is 11.7 Å². The summed E-state index contributed by atoms with van der Waals surface area (Å²) < 4.78 is 5.45. The van der Waals surface area contributed by atoms with Crippen molar-refractivity contribution in [1.82, 2.24) is 20.9 Å². The number of hydrogen-bond acceptors (Lipinski definition) is 6. The topological polar surface area (TPSA) is 100 Å². The van der Waals surface area contributed by atoms with E-state index in [0.29, 0.717) is 24.3 Å². The van der Waals surface area contributed by atoms with Crippen molar-refractivity contribution in [2.75, 3.05) is 0 Å². The first kappa shape index (κ1) is 21.8. The van der Waals surface area contributed by atoms with Crippen LogP contribution in [0.2, 0.25) is 0 Å². The van der Waals surface area contributed by atoms with E-state index in [9.17, 15) is 4.79 Å². The summed E-state index contributed by atoms with van der Waals surface area (Å²) in [4.78, 5) is 16.2. The van der Waals surface area contributed by atoms with Crippen molar-refractivity contribution >= 4 is 5.91 Å². The first-order valence-electron chi connectivity index (χ1n) is 10.6. The van der Waals surface area contributed by atoms with Crippen LogP contribution in [0.4, 0.5) is 0 Å². The fourth-order valence-corrected chi connectivity index (χ4v) is 4.03. The standard InChI is InChI=1S/C20H36N4O3/c1-3-17(4-2)21-14-18-22-20(27-24-18)16(13-19(25)23-26)12-8-11-15-9-6-5-7-10-15/h15-17,21,26H,3-14H2,1-2H3,(H,23,25)/t16-/m0/s1. The van der Waals surface area contributed by atoms with E-state index in [0.717, 1.165) is 31.6 Å². The molecule has 1 aliphatic carbocycles. The molecule has 0 unspecified atom stereocenters. The number of hydroxylamine groups is 1. The molecule has 0 spiro atoms. The van der Waals surface area contributed by atoms with Gasteiger partial charge >= 0.3 is 0 Å². The van der Waals surface area contributed by atoms with Crippen molar-refractivity contribution in [3.63, 3.8) is 0 Å². The third-order valence-electron chi connectivity index (χ3n) is 5.81. The van der Waals surface area contributed by atoms with E-state index in [4.69, 9.17) is 9.73 Å². The zero-order valence-electron chi connectivity index (χ0n) is 16.9. The molecule has 0 saturated heterocycles. The van der Waals surface area contributed by atoms with Gasteiger partial charge in [0, 0.05) is 18.4 Å². The molecule has 7 heteroatoms. The van der Waals surface area contributed by atoms with Crippen molar-refractivity contribution in [2.45, 2.75) is 103 Å². The zero-order valence-corrected chi connectivity index (χ0v) is 16.9. The first-order chi connectivity index (χ1) is 13.2. The Bertz CT molecular complexity index is 539. The second-order valence-corrected chi connectivity index (χ2v) is 7.81. The SMILES string of the molecule is CCC(CC)NCc1noc([C@@H](CCCC2CCCCC2)CC(=O)NO)n1. The number of carbonyl (C=O) groups is 1. The Morgan fingerprint density at radius 2 is 2.00 bits per heavy atom. The summed E-state index contributed by atoms with van der Waals surface area (Å²) in [5.41, 5.74) is 1.73. The van der Waals surface area contributed by atoms with Crippen LogP contribution >= 0.6 is 0 Å². The maximum atomic E-state index is 11.7. The molecule has 1 aromatic rings. The molecule has 1 aliphatic rings. The van der Waals surface area contributed by atoms with Gasteiger partial charge in [0.15, 0.2) is 5.82 Å². The Morgan fingerprint density at radius 3 is 2.67 bits per heavy atom. The highest BCUT2D eigenvalue weighted by Crippen LogP contribution is 2.31. The Morgan fingerprint density at radius 1 is 1.26 bits per heavy atom. The Kier molecular flexibility index (Phi) is 9.77. The van der Waals surface area contributed by atoms with E-state index < -0.39 is 5.91 Å². The van der Waals surface area contributed by atoms with Crippen LogP contribution in [-0.4, -0.2) is 27.3 Å². The van der Waals surface area contributed by atoms with Gasteiger partial charge in [-0.3, -0.25) is 10.0 Å². The summed E-state index contributed by atoms with van der Waals surface area (Å²) in [6.45, 7) is 4.87. The van der Waals surface area contributed by atoms with Crippen LogP contribution in [-0.2, 0) is 11.3 Å². The molecule has 1 saturated carbocycles. The summed E-state index contributed by atoms with van der Waals surface area (Å²) in [5, 5.41) is 16.4. The Labute approximate surface area is 162 Å². The van der Waals surface area contributed by atoms with Gasteiger partial charge in [-0.25, -0.2) is 5.48 Å². The van der Waals surface area contributed by atoms with E-state index in [-0.39, 0.29) is 12.3 Å². The summed E-state index contributed by atoms with van der Waals surface area (Å²) >= 11 is 0. The number of rotatable bonds is 12. The zero-order chi connectivity index (χ0) is 19.5. The Balaban J connectivity index is 1.89. The summed E-state index contributed by atoms with van der Waals surface area (Å²) in [6, 6.07) is 0.443. The molecule has 7 nitrogen and oxygen atoms in total. The second kappa shape index (κ2) is 12.1. The van der Waals surface area contributed by atoms with Crippen LogP contribution in [0.3, 0.4) is 0 Å². The molecule has 154 valence electrons. The highest BCUT2D eigenvalue weighted by atomic mass is 16.5. The number of nitrogens with zero attached hydrogens (tertiary/aromatic N) is 2. The van der Waals surface area contributed by atoms with E-state index in [1.54, 1.807) is 5.48 Å². The number of aromatic nitrogens is 2. The molecule has 1 heterocycles. The molecule has 0 aromatic carbocycles. The lowest BCUT2D eigenvalue weighted by molar-refractivity contribution is -0.129. The van der Waals surface area contributed by atoms with Gasteiger partial charge in [0.25, 0.3) is 0 Å². The highest BCUT2D eigenvalue weighted by Gasteiger charge is 2.23. The molecule has 1 aromatic heterocycles. The minimum atomic E-state index is -0.410. The minimum Gasteiger partial charge on any atom is -0.339 e. The second-order valence-electron chi connectivity index (χ2n) is 7.81. The predicted octanol–water partition coefficient (Wildman–Crippen LogP) is 4.08. The molecule has 1 amide bonds. The monoisotopic (exact) mass is 380 g/mol. The van der Waals surface area contributed by atoms with Gasteiger partial charge in [-0.2, -0.15) is 4.98 Å². The average molecular weight is 381 g/mol. The van der Waals surface area contributed by atoms with E-state index in [1.165, 1.54) is 38.5 Å². The fourth-order valence-electron chi connectivity index (χ4n) is 4.03. The molecule has 0 bridgehead atoms. The smallest absolute Gasteiger partial charge is 0.244 e. The van der Waals surface area contributed by atoms with Gasteiger partial charge < -0.3 is 9.84 Å². The van der Waals surface area contributed by atoms with Crippen molar-refractivity contribution in [3.8, 4) is 0 Å². The maximum absolute atomic E-state index is 11.7. The van der Waals surface area contributed by atoms with Crippen LogP contribution in [0.15, 0.2) is 4.52 Å². The van der Waals surface area contributed by atoms with Gasteiger partial charge in [-0.1, -0.05) is 63.9 Å². The molecule has 0 aliphatic heterocycles. The lowest BCUT2D eigenvalue weighted by Gasteiger charge is -2.22. The van der Waals surface area contributed by atoms with E-state index >= 15 is 0 Å². The molecule has 1 atom stereocenters. The number of amides is 1. The number of hydrogen-bond donors (Lipinski definition) is 3. The van der Waals surface area contributed by atoms with Crippen LogP contribution in [0.25, 0.3) is 0 Å². The van der Waals surface area contributed by atoms with E-state index in [1.807, 2.05) is 0 Å². The van der Waals surface area contributed by atoms with Gasteiger partial charge in [-0.05, 0) is 25.2 Å². The molecular formula is C20H36N4O3. The first-order valence-corrected chi connectivity index (χ1v) is 10.6. The van der Waals surface area contributed by atoms with Gasteiger partial charge in [0.05, 0.1) is 6.54 Å². The van der Waals surface area contributed by atoms with E-state index in [2.05, 4.69) is 29.3 Å². The summed E-state index contributed by atoms with van der Waals surface area (Å²) in [7, 11) is 0. The molecular weight excluding hydrogens is 344 g/mol. The quantitative estimate of drug-likeness (QED) is 0.373. The minimum absolute atomic E-state index is 0.143. The maximum Gasteiger partial charge on any atom is 0.244 e. The molecule has 3 N–H and O–H groups in total. The lowest BCUT2D eigenvalue weighted by Crippen LogP contribution is -2.27. The number of nitrogens with one attached hydrogen (secondary N) is 2. The van der Waals surface area contributed by atoms with Crippen molar-refractivity contribution in [1.29, 1.82) is 0 Å². The predicted molar refractivity (Wildman–Crippen MR) is 103 cm³/mol. The largest absolute Gasteiger partial charge is 0.339 e. The summed E-state index contributed by atoms with van der Waals surface area (Å²) in [5.74, 6) is 1.39. The van der Waals surface area contributed by atoms with Crippen LogP contribution in [0, 0.1) is 5.92 Å². The van der Waals surface area contributed by atoms with Crippen LogP contribution in [0.1, 0.15) is 102 Å². The normalized spacial score (nSPS) is 16.6. The number of carbonyl (C=O) groups excluding carboxylic acids is 1. The molecule has 2 rings (SSSR count). The average Bonchev–Trinajstić information content (AvgIpc) is 3.17. The van der Waals surface area contributed by atoms with Gasteiger partial charge in [-0.15, -0.1) is 0 Å². The van der Waals surface area contributed by atoms with Gasteiger partial charge in [0.1, 0.15) is 0 Å². The fraction of sp³-hybridized carbons (Fsp3) is 0.850. The third kappa shape index (κ3) is 7.58. The third-order valence-corrected chi connectivity index (χ3v) is 5.81. The van der Waals surface area contributed by atoms with Crippen molar-refractivity contribution < 1.29 is 14.5 Å². The lowest BCUT2D eigenvalue weighted by atomic mass is 9.84. The van der Waals surface area contributed by atoms with Crippen LogP contribution in [0.5, 0.6) is 0 Å². The highest BCUT2D eigenvalue weighted by molar-refractivity contribution is 5.75.